The number of piperazine rings is 1. The van der Waals surface area contributed by atoms with E-state index in [2.05, 4.69) is 10.3 Å². The van der Waals surface area contributed by atoms with Gasteiger partial charge >= 0.3 is 6.09 Å². The molecule has 1 amide bonds. The van der Waals surface area contributed by atoms with Gasteiger partial charge in [-0.15, -0.1) is 0 Å². The van der Waals surface area contributed by atoms with E-state index >= 15 is 0 Å². The van der Waals surface area contributed by atoms with Crippen molar-refractivity contribution in [2.75, 3.05) is 19.6 Å². The van der Waals surface area contributed by atoms with Gasteiger partial charge in [-0.1, -0.05) is 0 Å². The van der Waals surface area contributed by atoms with Crippen LogP contribution in [0.25, 0.3) is 0 Å². The lowest BCUT2D eigenvalue weighted by atomic mass is 10.1. The molecular formula is C15H22N4O4. The van der Waals surface area contributed by atoms with Crippen molar-refractivity contribution >= 4 is 11.8 Å². The minimum absolute atomic E-state index is 0.0265. The number of ether oxygens (including phenoxy) is 1. The maximum atomic E-state index is 12.4. The Kier molecular flexibility index (Phi) is 4.84. The molecule has 23 heavy (non-hydrogen) atoms. The fraction of sp³-hybridized carbons (Fsp3) is 0.600. The maximum absolute atomic E-state index is 12.4. The molecule has 8 heteroatoms. The summed E-state index contributed by atoms with van der Waals surface area (Å²) >= 11 is 0. The van der Waals surface area contributed by atoms with E-state index in [-0.39, 0.29) is 11.7 Å². The Morgan fingerprint density at radius 2 is 2.17 bits per heavy atom. The number of pyridine rings is 1. The van der Waals surface area contributed by atoms with Crippen molar-refractivity contribution in [2.24, 2.45) is 0 Å². The van der Waals surface area contributed by atoms with Crippen LogP contribution < -0.4 is 5.32 Å². The predicted octanol–water partition coefficient (Wildman–Crippen LogP) is 2.18. The largest absolute Gasteiger partial charge is 0.444 e. The Bertz CT molecular complexity index is 612. The second-order valence-electron chi connectivity index (χ2n) is 6.49. The van der Waals surface area contributed by atoms with E-state index in [1.54, 1.807) is 17.9 Å². The van der Waals surface area contributed by atoms with Crippen LogP contribution in [0.2, 0.25) is 0 Å². The molecule has 1 fully saturated rings. The molecule has 1 aromatic heterocycles. The monoisotopic (exact) mass is 322 g/mol. The van der Waals surface area contributed by atoms with E-state index in [1.807, 2.05) is 20.8 Å². The van der Waals surface area contributed by atoms with Gasteiger partial charge in [-0.25, -0.2) is 9.78 Å². The predicted molar refractivity (Wildman–Crippen MR) is 84.2 cm³/mol. The number of carbonyl (C=O) groups excluding carboxylic acids is 1. The topological polar surface area (TPSA) is 97.6 Å². The SMILES string of the molecule is Cc1nc(C2CNCCN2C(=O)OC(C)(C)C)ccc1[N+](=O)[O-]. The van der Waals surface area contributed by atoms with Gasteiger partial charge in [0.05, 0.1) is 16.7 Å². The first kappa shape index (κ1) is 17.1. The summed E-state index contributed by atoms with van der Waals surface area (Å²) in [6, 6.07) is 2.72. The first-order valence-corrected chi connectivity index (χ1v) is 7.51. The number of rotatable bonds is 2. The number of carbonyl (C=O) groups is 1. The number of aryl methyl sites for hydroxylation is 1. The molecule has 0 aliphatic carbocycles. The summed E-state index contributed by atoms with van der Waals surface area (Å²) in [5, 5.41) is 14.1. The molecule has 8 nitrogen and oxygen atoms in total. The van der Waals surface area contributed by atoms with Crippen molar-refractivity contribution in [1.29, 1.82) is 0 Å². The Labute approximate surface area is 135 Å². The van der Waals surface area contributed by atoms with Crippen LogP contribution in [-0.2, 0) is 4.74 Å². The highest BCUT2D eigenvalue weighted by Crippen LogP contribution is 2.26. The van der Waals surface area contributed by atoms with E-state index < -0.39 is 16.6 Å². The molecule has 0 radical (unpaired) electrons. The summed E-state index contributed by atoms with van der Waals surface area (Å²) in [7, 11) is 0. The fourth-order valence-corrected chi connectivity index (χ4v) is 2.46. The quantitative estimate of drug-likeness (QED) is 0.662. The van der Waals surface area contributed by atoms with E-state index in [4.69, 9.17) is 4.74 Å². The summed E-state index contributed by atoms with van der Waals surface area (Å²) in [4.78, 5) is 28.8. The Morgan fingerprint density at radius 1 is 1.48 bits per heavy atom. The Balaban J connectivity index is 2.26. The second-order valence-corrected chi connectivity index (χ2v) is 6.49. The van der Waals surface area contributed by atoms with Crippen molar-refractivity contribution in [1.82, 2.24) is 15.2 Å². The first-order chi connectivity index (χ1) is 10.7. The number of nitro groups is 1. The summed E-state index contributed by atoms with van der Waals surface area (Å²) in [6.45, 7) is 8.74. The normalized spacial score (nSPS) is 18.6. The number of aromatic nitrogens is 1. The number of nitrogens with zero attached hydrogens (tertiary/aromatic N) is 3. The summed E-state index contributed by atoms with van der Waals surface area (Å²) in [5.74, 6) is 0. The van der Waals surface area contributed by atoms with Crippen molar-refractivity contribution in [2.45, 2.75) is 39.3 Å². The van der Waals surface area contributed by atoms with Gasteiger partial charge < -0.3 is 10.1 Å². The van der Waals surface area contributed by atoms with Crippen molar-refractivity contribution in [3.63, 3.8) is 0 Å². The average molecular weight is 322 g/mol. The van der Waals surface area contributed by atoms with Crippen molar-refractivity contribution in [3.8, 4) is 0 Å². The van der Waals surface area contributed by atoms with E-state index in [9.17, 15) is 14.9 Å². The summed E-state index contributed by atoms with van der Waals surface area (Å²) < 4.78 is 5.44. The molecular weight excluding hydrogens is 300 g/mol. The summed E-state index contributed by atoms with van der Waals surface area (Å²) in [5.41, 5.74) is 0.348. The number of hydrogen-bond acceptors (Lipinski definition) is 6. The average Bonchev–Trinajstić information content (AvgIpc) is 2.45. The molecule has 1 saturated heterocycles. The molecule has 0 spiro atoms. The zero-order valence-electron chi connectivity index (χ0n) is 13.8. The van der Waals surface area contributed by atoms with Gasteiger partial charge in [-0.3, -0.25) is 15.0 Å². The molecule has 2 rings (SSSR count). The van der Waals surface area contributed by atoms with Crippen molar-refractivity contribution in [3.05, 3.63) is 33.6 Å². The third kappa shape index (κ3) is 4.16. The second kappa shape index (κ2) is 6.49. The highest BCUT2D eigenvalue weighted by atomic mass is 16.6. The van der Waals surface area contributed by atoms with Crippen LogP contribution in [0.4, 0.5) is 10.5 Å². The molecule has 1 aliphatic heterocycles. The lowest BCUT2D eigenvalue weighted by molar-refractivity contribution is -0.385. The molecule has 0 aromatic carbocycles. The molecule has 0 saturated carbocycles. The minimum atomic E-state index is -0.578. The lowest BCUT2D eigenvalue weighted by Crippen LogP contribution is -2.50. The molecule has 1 aromatic rings. The zero-order chi connectivity index (χ0) is 17.2. The van der Waals surface area contributed by atoms with Gasteiger partial charge in [0.1, 0.15) is 11.3 Å². The molecule has 1 N–H and O–H groups in total. The van der Waals surface area contributed by atoms with Crippen LogP contribution in [-0.4, -0.2) is 46.1 Å². The maximum Gasteiger partial charge on any atom is 0.410 e. The van der Waals surface area contributed by atoms with Crippen LogP contribution >= 0.6 is 0 Å². The smallest absolute Gasteiger partial charge is 0.410 e. The highest BCUT2D eigenvalue weighted by molar-refractivity contribution is 5.69. The van der Waals surface area contributed by atoms with Gasteiger partial charge in [0.2, 0.25) is 0 Å². The molecule has 2 heterocycles. The lowest BCUT2D eigenvalue weighted by Gasteiger charge is -2.36. The zero-order valence-corrected chi connectivity index (χ0v) is 13.8. The fourth-order valence-electron chi connectivity index (χ4n) is 2.46. The number of amides is 1. The molecule has 0 bridgehead atoms. The minimum Gasteiger partial charge on any atom is -0.444 e. The summed E-state index contributed by atoms with van der Waals surface area (Å²) in [6.07, 6.45) is -0.401. The highest BCUT2D eigenvalue weighted by Gasteiger charge is 2.32. The molecule has 1 aliphatic rings. The van der Waals surface area contributed by atoms with Crippen LogP contribution in [0, 0.1) is 17.0 Å². The number of hydrogen-bond donors (Lipinski definition) is 1. The standard InChI is InChI=1S/C15H22N4O4/c1-10-12(19(21)22)6-5-11(17-10)13-9-16-7-8-18(13)14(20)23-15(2,3)4/h5-6,13,16H,7-9H2,1-4H3. The van der Waals surface area contributed by atoms with Gasteiger partial charge in [0.25, 0.3) is 5.69 Å². The molecule has 1 atom stereocenters. The van der Waals surface area contributed by atoms with Gasteiger partial charge in [0.15, 0.2) is 0 Å². The van der Waals surface area contributed by atoms with Gasteiger partial charge in [0, 0.05) is 25.7 Å². The Morgan fingerprint density at radius 3 is 2.74 bits per heavy atom. The van der Waals surface area contributed by atoms with Crippen LogP contribution in [0.3, 0.4) is 0 Å². The van der Waals surface area contributed by atoms with Gasteiger partial charge in [-0.2, -0.15) is 0 Å². The van der Waals surface area contributed by atoms with E-state index in [0.29, 0.717) is 31.0 Å². The van der Waals surface area contributed by atoms with Crippen molar-refractivity contribution < 1.29 is 14.5 Å². The first-order valence-electron chi connectivity index (χ1n) is 7.51. The van der Waals surface area contributed by atoms with Gasteiger partial charge in [-0.05, 0) is 33.8 Å². The van der Waals surface area contributed by atoms with Crippen LogP contribution in [0.5, 0.6) is 0 Å². The number of nitrogens with one attached hydrogen (secondary N) is 1. The van der Waals surface area contributed by atoms with Crippen LogP contribution in [0.1, 0.15) is 38.2 Å². The van der Waals surface area contributed by atoms with E-state index in [0.717, 1.165) is 0 Å². The molecule has 1 unspecified atom stereocenters. The third-order valence-corrected chi connectivity index (χ3v) is 3.49. The molecule has 126 valence electrons. The van der Waals surface area contributed by atoms with Crippen LogP contribution in [0.15, 0.2) is 12.1 Å². The third-order valence-electron chi connectivity index (χ3n) is 3.49. The van der Waals surface area contributed by atoms with E-state index in [1.165, 1.54) is 6.07 Å². The Hall–Kier alpha value is -2.22.